The van der Waals surface area contributed by atoms with Gasteiger partial charge in [-0.1, -0.05) is 53.4 Å². The van der Waals surface area contributed by atoms with Crippen molar-refractivity contribution in [2.24, 2.45) is 0 Å². The molecule has 0 saturated carbocycles. The second-order valence-electron chi connectivity index (χ2n) is 1.71. The van der Waals surface area contributed by atoms with E-state index in [1.165, 1.54) is 25.7 Å². The predicted octanol–water partition coefficient (Wildman–Crippen LogP) is 3.96. The highest BCUT2D eigenvalue weighted by molar-refractivity contribution is 4.31. The van der Waals surface area contributed by atoms with Gasteiger partial charge in [0, 0.05) is 0 Å². The SMILES string of the molecule is CC.CCCCCC.CF.CF.O. The third kappa shape index (κ3) is 143. The minimum atomic E-state index is 0. The van der Waals surface area contributed by atoms with Crippen LogP contribution in [0, 0.1) is 0 Å². The van der Waals surface area contributed by atoms with Crippen LogP contribution in [-0.2, 0) is 0 Å². The molecule has 0 aromatic rings. The van der Waals surface area contributed by atoms with Gasteiger partial charge in [-0.15, -0.1) is 0 Å². The quantitative estimate of drug-likeness (QED) is 0.620. The zero-order valence-electron chi connectivity index (χ0n) is 10.1. The lowest BCUT2D eigenvalue weighted by atomic mass is 10.2. The number of hydrogen-bond acceptors (Lipinski definition) is 0. The molecule has 1 nitrogen and oxygen atoms in total. The fourth-order valence-electron chi connectivity index (χ4n) is 0.500. The van der Waals surface area contributed by atoms with Crippen molar-refractivity contribution >= 4 is 0 Å². The molecule has 0 aliphatic rings. The summed E-state index contributed by atoms with van der Waals surface area (Å²) in [5.41, 5.74) is 0. The van der Waals surface area contributed by atoms with Crippen molar-refractivity contribution in [1.82, 2.24) is 0 Å². The number of unbranched alkanes of at least 4 members (excludes halogenated alkanes) is 3. The lowest BCUT2D eigenvalue weighted by Gasteiger charge is -1.86. The van der Waals surface area contributed by atoms with Gasteiger partial charge < -0.3 is 5.48 Å². The van der Waals surface area contributed by atoms with Gasteiger partial charge in [-0.25, -0.2) is 0 Å². The molecule has 0 amide bonds. The smallest absolute Gasteiger partial charge is 0.0785 e. The average molecular weight is 202 g/mol. The van der Waals surface area contributed by atoms with Crippen molar-refractivity contribution in [2.45, 2.75) is 53.4 Å². The molecule has 0 radical (unpaired) electrons. The molecule has 2 N–H and O–H groups in total. The van der Waals surface area contributed by atoms with Gasteiger partial charge in [0.25, 0.3) is 0 Å². The fraction of sp³-hybridized carbons (Fsp3) is 1.00. The van der Waals surface area contributed by atoms with Crippen LogP contribution in [0.1, 0.15) is 53.4 Å². The molecule has 0 fully saturated rings. The molecule has 0 spiro atoms. The van der Waals surface area contributed by atoms with E-state index in [-0.39, 0.29) is 5.48 Å². The Morgan fingerprint density at radius 1 is 0.692 bits per heavy atom. The van der Waals surface area contributed by atoms with E-state index in [0.29, 0.717) is 14.4 Å². The van der Waals surface area contributed by atoms with E-state index in [9.17, 15) is 8.78 Å². The summed E-state index contributed by atoms with van der Waals surface area (Å²) < 4.78 is 19.0. The number of halogens is 2. The van der Waals surface area contributed by atoms with E-state index in [0.717, 1.165) is 0 Å². The highest BCUT2D eigenvalue weighted by atomic mass is 19.1. The highest BCUT2D eigenvalue weighted by Gasteiger charge is 1.75. The Morgan fingerprint density at radius 2 is 0.846 bits per heavy atom. The lowest BCUT2D eigenvalue weighted by molar-refractivity contribution is 0.635. The van der Waals surface area contributed by atoms with Crippen molar-refractivity contribution in [1.29, 1.82) is 0 Å². The molecule has 0 aromatic heterocycles. The Morgan fingerprint density at radius 3 is 0.923 bits per heavy atom. The van der Waals surface area contributed by atoms with Crippen LogP contribution in [0.15, 0.2) is 0 Å². The summed E-state index contributed by atoms with van der Waals surface area (Å²) in [6.07, 6.45) is 5.54. The van der Waals surface area contributed by atoms with Gasteiger partial charge in [-0.05, 0) is 0 Å². The van der Waals surface area contributed by atoms with Crippen LogP contribution >= 0.6 is 0 Å². The Balaban J connectivity index is -0.0000000263. The van der Waals surface area contributed by atoms with Crippen LogP contribution in [0.4, 0.5) is 8.78 Å². The monoisotopic (exact) mass is 202 g/mol. The summed E-state index contributed by atoms with van der Waals surface area (Å²) in [6.45, 7) is 8.46. The largest absolute Gasteiger partial charge is 0.412 e. The van der Waals surface area contributed by atoms with Crippen LogP contribution in [-0.4, -0.2) is 19.8 Å². The predicted molar refractivity (Wildman–Crippen MR) is 58.8 cm³/mol. The molecular weight excluding hydrogens is 174 g/mol. The molecule has 13 heavy (non-hydrogen) atoms. The zero-order valence-corrected chi connectivity index (χ0v) is 10.1. The molecule has 0 saturated heterocycles. The minimum absolute atomic E-state index is 0. The van der Waals surface area contributed by atoms with Crippen LogP contribution in [0.25, 0.3) is 0 Å². The van der Waals surface area contributed by atoms with E-state index in [1.807, 2.05) is 13.8 Å². The van der Waals surface area contributed by atoms with Crippen LogP contribution < -0.4 is 0 Å². The minimum Gasteiger partial charge on any atom is -0.412 e. The van der Waals surface area contributed by atoms with Gasteiger partial charge in [-0.2, -0.15) is 0 Å². The third-order valence-electron chi connectivity index (χ3n) is 0.957. The van der Waals surface area contributed by atoms with Gasteiger partial charge in [0.05, 0.1) is 14.4 Å². The lowest BCUT2D eigenvalue weighted by Crippen LogP contribution is -1.66. The van der Waals surface area contributed by atoms with E-state index < -0.39 is 0 Å². The standard InChI is InChI=1S/C6H14.C2H6.2CH3F.H2O/c1-3-5-6-4-2;3*1-2;/h3-6H2,1-2H3;1-2H3;2*1H3;1H2. The van der Waals surface area contributed by atoms with E-state index in [4.69, 9.17) is 0 Å². The van der Waals surface area contributed by atoms with Gasteiger partial charge in [0.1, 0.15) is 0 Å². The third-order valence-corrected chi connectivity index (χ3v) is 0.957. The second kappa shape index (κ2) is 94.8. The topological polar surface area (TPSA) is 31.5 Å². The molecule has 3 heteroatoms. The Hall–Kier alpha value is -0.180. The summed E-state index contributed by atoms with van der Waals surface area (Å²) in [7, 11) is 1.00. The van der Waals surface area contributed by atoms with Crippen molar-refractivity contribution in [2.75, 3.05) is 14.4 Å². The van der Waals surface area contributed by atoms with Gasteiger partial charge in [0.2, 0.25) is 0 Å². The first kappa shape index (κ1) is 29.3. The maximum atomic E-state index is 9.50. The van der Waals surface area contributed by atoms with Crippen molar-refractivity contribution in [3.63, 3.8) is 0 Å². The first-order chi connectivity index (χ1) is 5.91. The molecule has 0 rings (SSSR count). The van der Waals surface area contributed by atoms with Crippen molar-refractivity contribution < 1.29 is 14.3 Å². The summed E-state index contributed by atoms with van der Waals surface area (Å²) >= 11 is 0. The Labute approximate surface area is 82.9 Å². The molecule has 88 valence electrons. The van der Waals surface area contributed by atoms with E-state index in [1.54, 1.807) is 0 Å². The molecule has 0 atom stereocenters. The Bertz CT molecular complexity index is 24.9. The number of alkyl halides is 2. The fourth-order valence-corrected chi connectivity index (χ4v) is 0.500. The first-order valence-corrected chi connectivity index (χ1v) is 4.67. The first-order valence-electron chi connectivity index (χ1n) is 4.67. The normalized spacial score (nSPS) is 5.54. The molecule has 0 bridgehead atoms. The van der Waals surface area contributed by atoms with Crippen LogP contribution in [0.5, 0.6) is 0 Å². The molecule has 0 heterocycles. The Kier molecular flexibility index (Phi) is 214. The highest BCUT2D eigenvalue weighted by Crippen LogP contribution is 1.95. The molecule has 0 unspecified atom stereocenters. The van der Waals surface area contributed by atoms with E-state index >= 15 is 0 Å². The van der Waals surface area contributed by atoms with Gasteiger partial charge in [0.15, 0.2) is 0 Å². The number of rotatable bonds is 3. The maximum Gasteiger partial charge on any atom is 0.0785 e. The molecule has 0 aliphatic carbocycles. The summed E-state index contributed by atoms with van der Waals surface area (Å²) in [5.74, 6) is 0. The molecular formula is C10H28F2O. The summed E-state index contributed by atoms with van der Waals surface area (Å²) in [6, 6.07) is 0. The van der Waals surface area contributed by atoms with Crippen molar-refractivity contribution in [3.8, 4) is 0 Å². The summed E-state index contributed by atoms with van der Waals surface area (Å²) in [4.78, 5) is 0. The zero-order chi connectivity index (χ0) is 10.8. The number of hydrogen-bond donors (Lipinski definition) is 0. The van der Waals surface area contributed by atoms with Crippen LogP contribution in [0.3, 0.4) is 0 Å². The molecule has 0 aromatic carbocycles. The molecule has 0 aliphatic heterocycles. The average Bonchev–Trinajstić information content (AvgIpc) is 2.24. The summed E-state index contributed by atoms with van der Waals surface area (Å²) in [5, 5.41) is 0. The second-order valence-corrected chi connectivity index (χ2v) is 1.71. The van der Waals surface area contributed by atoms with Gasteiger partial charge >= 0.3 is 0 Å². The maximum absolute atomic E-state index is 9.50. The van der Waals surface area contributed by atoms with Crippen LogP contribution in [0.2, 0.25) is 0 Å². The van der Waals surface area contributed by atoms with Crippen molar-refractivity contribution in [3.05, 3.63) is 0 Å². The van der Waals surface area contributed by atoms with Gasteiger partial charge in [-0.3, -0.25) is 8.78 Å². The van der Waals surface area contributed by atoms with E-state index in [2.05, 4.69) is 13.8 Å².